The highest BCUT2D eigenvalue weighted by molar-refractivity contribution is 5.82. The lowest BCUT2D eigenvalue weighted by Crippen LogP contribution is -2.32. The van der Waals surface area contributed by atoms with Crippen LogP contribution in [0.15, 0.2) is 40.9 Å². The van der Waals surface area contributed by atoms with Crippen LogP contribution < -0.4 is 4.74 Å². The zero-order valence-electron chi connectivity index (χ0n) is 19.6. The number of aliphatic hydroxyl groups excluding tert-OH is 1. The fraction of sp³-hybridized carbons (Fsp3) is 0.423. The minimum absolute atomic E-state index is 0.0545. The summed E-state index contributed by atoms with van der Waals surface area (Å²) in [4.78, 5) is 18.8. The lowest BCUT2D eigenvalue weighted by atomic mass is 9.80. The van der Waals surface area contributed by atoms with Crippen LogP contribution in [0.25, 0.3) is 22.8 Å². The number of aromatic nitrogens is 2. The van der Waals surface area contributed by atoms with Gasteiger partial charge in [0, 0.05) is 36.1 Å². The van der Waals surface area contributed by atoms with Crippen LogP contribution in [0.5, 0.6) is 5.75 Å². The lowest BCUT2D eigenvalue weighted by Gasteiger charge is -2.24. The van der Waals surface area contributed by atoms with Crippen LogP contribution in [0.2, 0.25) is 0 Å². The molecule has 0 bridgehead atoms. The zero-order valence-corrected chi connectivity index (χ0v) is 19.6. The van der Waals surface area contributed by atoms with Gasteiger partial charge in [-0.25, -0.2) is 8.78 Å². The highest BCUT2D eigenvalue weighted by Crippen LogP contribution is 2.48. The average Bonchev–Trinajstić information content (AvgIpc) is 3.52. The Morgan fingerprint density at radius 1 is 1.26 bits per heavy atom. The van der Waals surface area contributed by atoms with Crippen molar-refractivity contribution in [2.45, 2.75) is 51.1 Å². The first kappa shape index (κ1) is 23.4. The highest BCUT2D eigenvalue weighted by Gasteiger charge is 2.48. The van der Waals surface area contributed by atoms with E-state index in [4.69, 9.17) is 9.26 Å². The summed E-state index contributed by atoms with van der Waals surface area (Å²) < 4.78 is 38.3. The molecule has 0 saturated carbocycles. The molecule has 9 heteroatoms. The van der Waals surface area contributed by atoms with Gasteiger partial charge in [-0.15, -0.1) is 0 Å². The van der Waals surface area contributed by atoms with E-state index in [-0.39, 0.29) is 41.2 Å². The maximum absolute atomic E-state index is 13.7. The van der Waals surface area contributed by atoms with Crippen molar-refractivity contribution in [1.82, 2.24) is 15.0 Å². The third kappa shape index (κ3) is 4.18. The number of nitrogens with zero attached hydrogens (tertiary/aromatic N) is 3. The van der Waals surface area contributed by atoms with Crippen molar-refractivity contribution >= 4 is 5.91 Å². The first-order chi connectivity index (χ1) is 16.8. The first-order valence-corrected chi connectivity index (χ1v) is 11.8. The summed E-state index contributed by atoms with van der Waals surface area (Å²) in [6, 6.07) is 10.3. The van der Waals surface area contributed by atoms with Crippen molar-refractivity contribution in [3.8, 4) is 28.6 Å². The Balaban J connectivity index is 1.47. The number of likely N-dealkylation sites (tertiary alicyclic amines) is 1. The van der Waals surface area contributed by atoms with Crippen LogP contribution in [-0.4, -0.2) is 51.9 Å². The van der Waals surface area contributed by atoms with E-state index in [9.17, 15) is 18.7 Å². The molecule has 5 rings (SSSR count). The van der Waals surface area contributed by atoms with Gasteiger partial charge >= 0.3 is 0 Å². The molecule has 3 aromatic rings. The van der Waals surface area contributed by atoms with Gasteiger partial charge in [-0.3, -0.25) is 4.79 Å². The van der Waals surface area contributed by atoms with E-state index in [1.54, 1.807) is 24.8 Å². The molecule has 2 heterocycles. The van der Waals surface area contributed by atoms with Crippen molar-refractivity contribution in [2.24, 2.45) is 0 Å². The molecule has 1 atom stereocenters. The number of halogens is 2. The predicted octanol–water partition coefficient (Wildman–Crippen LogP) is 4.54. The standard InChI is InChI=1S/C26H27F2N3O4/c1-15(2)34-21-7-6-16(12-19(21)23(27)28)25-29-24(30-35-25)18-4-3-5-20-17(18)8-9-26(20)13-22(33)31(14-26)10-11-32/h3-7,12,15,23,32H,8-11,13-14H2,1-2H3/t26-/m1/s1. The van der Waals surface area contributed by atoms with Crippen molar-refractivity contribution in [2.75, 3.05) is 19.7 Å². The normalized spacial score (nSPS) is 19.4. The molecule has 0 radical (unpaired) electrons. The molecule has 1 amide bonds. The topological polar surface area (TPSA) is 88.7 Å². The molecule has 1 aliphatic carbocycles. The van der Waals surface area contributed by atoms with Crippen molar-refractivity contribution < 1.29 is 27.9 Å². The number of fused-ring (bicyclic) bond motifs is 2. The van der Waals surface area contributed by atoms with E-state index in [0.29, 0.717) is 30.9 Å². The third-order valence-electron chi connectivity index (χ3n) is 6.83. The smallest absolute Gasteiger partial charge is 0.267 e. The minimum atomic E-state index is -2.71. The number of β-amino-alcohol motifs (C(OH)–C–C–N with tert-alkyl or cyclic N) is 1. The highest BCUT2D eigenvalue weighted by atomic mass is 19.3. The SMILES string of the molecule is CC(C)Oc1ccc(-c2nc(-c3cccc4c3CC[C@]43CC(=O)N(CCO)C3)no2)cc1C(F)F. The summed E-state index contributed by atoms with van der Waals surface area (Å²) in [5, 5.41) is 13.4. The van der Waals surface area contributed by atoms with Gasteiger partial charge < -0.3 is 19.3 Å². The molecule has 35 heavy (non-hydrogen) atoms. The molecule has 7 nitrogen and oxygen atoms in total. The number of ether oxygens (including phenoxy) is 1. The molecule has 184 valence electrons. The Morgan fingerprint density at radius 2 is 2.09 bits per heavy atom. The maximum atomic E-state index is 13.7. The number of hydrogen-bond acceptors (Lipinski definition) is 6. The number of alkyl halides is 2. The fourth-order valence-corrected chi connectivity index (χ4v) is 5.31. The van der Waals surface area contributed by atoms with Crippen LogP contribution in [0.4, 0.5) is 8.78 Å². The van der Waals surface area contributed by atoms with E-state index in [1.165, 1.54) is 12.1 Å². The van der Waals surface area contributed by atoms with Crippen LogP contribution in [0.3, 0.4) is 0 Å². The average molecular weight is 484 g/mol. The van der Waals surface area contributed by atoms with Gasteiger partial charge in [0.05, 0.1) is 18.3 Å². The van der Waals surface area contributed by atoms with E-state index >= 15 is 0 Å². The molecule has 2 aliphatic rings. The molecule has 1 saturated heterocycles. The van der Waals surface area contributed by atoms with Gasteiger partial charge in [0.2, 0.25) is 11.7 Å². The molecule has 0 unspecified atom stereocenters. The van der Waals surface area contributed by atoms with Crippen molar-refractivity contribution in [3.63, 3.8) is 0 Å². The fourth-order valence-electron chi connectivity index (χ4n) is 5.31. The maximum Gasteiger partial charge on any atom is 0.267 e. The summed E-state index contributed by atoms with van der Waals surface area (Å²) in [5.74, 6) is 0.713. The second-order valence-corrected chi connectivity index (χ2v) is 9.47. The molecule has 1 spiro atoms. The summed E-state index contributed by atoms with van der Waals surface area (Å²) in [6.45, 7) is 4.42. The number of amides is 1. The van der Waals surface area contributed by atoms with Crippen molar-refractivity contribution in [1.29, 1.82) is 0 Å². The molecule has 1 fully saturated rings. The second-order valence-electron chi connectivity index (χ2n) is 9.47. The molecular weight excluding hydrogens is 456 g/mol. The minimum Gasteiger partial charge on any atom is -0.491 e. The second kappa shape index (κ2) is 9.03. The number of rotatable bonds is 7. The van der Waals surface area contributed by atoms with Gasteiger partial charge in [0.15, 0.2) is 0 Å². The summed E-state index contributed by atoms with van der Waals surface area (Å²) in [7, 11) is 0. The van der Waals surface area contributed by atoms with Gasteiger partial charge in [-0.1, -0.05) is 23.4 Å². The predicted molar refractivity (Wildman–Crippen MR) is 124 cm³/mol. The summed E-state index contributed by atoms with van der Waals surface area (Å²) >= 11 is 0. The Hall–Kier alpha value is -3.33. The van der Waals surface area contributed by atoms with Crippen LogP contribution in [-0.2, 0) is 16.6 Å². The zero-order chi connectivity index (χ0) is 24.7. The molecule has 1 aromatic heterocycles. The quantitative estimate of drug-likeness (QED) is 0.531. The van der Waals surface area contributed by atoms with Crippen LogP contribution in [0, 0.1) is 0 Å². The van der Waals surface area contributed by atoms with E-state index in [2.05, 4.69) is 10.1 Å². The number of carbonyl (C=O) groups is 1. The lowest BCUT2D eigenvalue weighted by molar-refractivity contribution is -0.128. The van der Waals surface area contributed by atoms with Gasteiger partial charge in [-0.05, 0) is 56.0 Å². The van der Waals surface area contributed by atoms with Crippen LogP contribution >= 0.6 is 0 Å². The molecule has 1 aliphatic heterocycles. The molecule has 2 aromatic carbocycles. The summed E-state index contributed by atoms with van der Waals surface area (Å²) in [5.41, 5.74) is 2.88. The first-order valence-electron chi connectivity index (χ1n) is 11.8. The van der Waals surface area contributed by atoms with Gasteiger partial charge in [0.25, 0.3) is 12.3 Å². The number of aliphatic hydroxyl groups is 1. The molecular formula is C26H27F2N3O4. The van der Waals surface area contributed by atoms with E-state index in [1.807, 2.05) is 18.2 Å². The van der Waals surface area contributed by atoms with Crippen molar-refractivity contribution in [3.05, 3.63) is 53.1 Å². The molecule has 1 N–H and O–H groups in total. The van der Waals surface area contributed by atoms with E-state index < -0.39 is 6.43 Å². The van der Waals surface area contributed by atoms with E-state index in [0.717, 1.165) is 29.5 Å². The van der Waals surface area contributed by atoms with Gasteiger partial charge in [0.1, 0.15) is 5.75 Å². The Morgan fingerprint density at radius 3 is 2.83 bits per heavy atom. The number of benzene rings is 2. The Labute approximate surface area is 201 Å². The Kier molecular flexibility index (Phi) is 6.04. The third-order valence-corrected chi connectivity index (χ3v) is 6.83. The number of carbonyl (C=O) groups excluding carboxylic acids is 1. The van der Waals surface area contributed by atoms with Crippen LogP contribution in [0.1, 0.15) is 49.8 Å². The monoisotopic (exact) mass is 483 g/mol. The number of hydrogen-bond donors (Lipinski definition) is 1. The largest absolute Gasteiger partial charge is 0.491 e. The Bertz CT molecular complexity index is 1260. The summed E-state index contributed by atoms with van der Waals surface area (Å²) in [6.07, 6.45) is -0.927. The van der Waals surface area contributed by atoms with Gasteiger partial charge in [-0.2, -0.15) is 4.98 Å².